The summed E-state index contributed by atoms with van der Waals surface area (Å²) in [6, 6.07) is 10.1. The number of rotatable bonds is 4. The average Bonchev–Trinajstić information content (AvgIpc) is 2.85. The van der Waals surface area contributed by atoms with Gasteiger partial charge >= 0.3 is 0 Å². The second-order valence-electron chi connectivity index (χ2n) is 5.64. The van der Waals surface area contributed by atoms with E-state index in [-0.39, 0.29) is 11.6 Å². The number of aromatic nitrogens is 3. The van der Waals surface area contributed by atoms with Crippen LogP contribution in [0.4, 0.5) is 0 Å². The number of alkyl halides is 1. The number of benzene rings is 1. The Morgan fingerprint density at radius 2 is 1.85 bits per heavy atom. The van der Waals surface area contributed by atoms with Crippen molar-refractivity contribution in [3.05, 3.63) is 47.5 Å². The molecule has 0 aliphatic rings. The first-order valence-corrected chi connectivity index (χ1v) is 7.69. The molecule has 1 heterocycles. The fourth-order valence-corrected chi connectivity index (χ4v) is 2.70. The van der Waals surface area contributed by atoms with E-state index in [1.807, 2.05) is 30.3 Å². The first-order chi connectivity index (χ1) is 9.49. The standard InChI is InChI=1S/C15H20BrN3O/c1-15(2,3)19-12(10-16)17-18-14(19)13(20-4)11-8-6-5-7-9-11/h5-9,13H,10H2,1-4H3. The third-order valence-corrected chi connectivity index (χ3v) is 3.62. The molecule has 2 rings (SSSR count). The van der Waals surface area contributed by atoms with E-state index < -0.39 is 0 Å². The summed E-state index contributed by atoms with van der Waals surface area (Å²) in [5.41, 5.74) is 0.974. The molecule has 0 aliphatic heterocycles. The molecule has 0 bridgehead atoms. The Kier molecular flexibility index (Phi) is 4.60. The maximum absolute atomic E-state index is 5.68. The molecule has 1 aromatic heterocycles. The van der Waals surface area contributed by atoms with E-state index in [1.165, 1.54) is 0 Å². The number of methoxy groups -OCH3 is 1. The second kappa shape index (κ2) is 6.06. The van der Waals surface area contributed by atoms with E-state index in [0.717, 1.165) is 17.2 Å². The van der Waals surface area contributed by atoms with Gasteiger partial charge in [-0.15, -0.1) is 10.2 Å². The summed E-state index contributed by atoms with van der Waals surface area (Å²) in [4.78, 5) is 0. The van der Waals surface area contributed by atoms with Crippen molar-refractivity contribution in [2.24, 2.45) is 0 Å². The summed E-state index contributed by atoms with van der Waals surface area (Å²) in [5, 5.41) is 9.31. The minimum atomic E-state index is -0.212. The molecule has 1 aromatic carbocycles. The zero-order chi connectivity index (χ0) is 14.8. The lowest BCUT2D eigenvalue weighted by Gasteiger charge is -2.27. The van der Waals surface area contributed by atoms with Gasteiger partial charge in [0.05, 0.1) is 5.33 Å². The molecular weight excluding hydrogens is 318 g/mol. The van der Waals surface area contributed by atoms with Crippen molar-refractivity contribution in [1.82, 2.24) is 14.8 Å². The summed E-state index contributed by atoms with van der Waals surface area (Å²) < 4.78 is 7.82. The van der Waals surface area contributed by atoms with Crippen molar-refractivity contribution < 1.29 is 4.74 Å². The Bertz CT molecular complexity index is 560. The molecule has 1 unspecified atom stereocenters. The van der Waals surface area contributed by atoms with Gasteiger partial charge in [-0.2, -0.15) is 0 Å². The highest BCUT2D eigenvalue weighted by Gasteiger charge is 2.28. The van der Waals surface area contributed by atoms with E-state index >= 15 is 0 Å². The zero-order valence-corrected chi connectivity index (χ0v) is 13.9. The van der Waals surface area contributed by atoms with Crippen molar-refractivity contribution in [3.63, 3.8) is 0 Å². The number of nitrogens with zero attached hydrogens (tertiary/aromatic N) is 3. The molecule has 0 amide bonds. The smallest absolute Gasteiger partial charge is 0.167 e. The van der Waals surface area contributed by atoms with Crippen molar-refractivity contribution >= 4 is 15.9 Å². The fourth-order valence-electron chi connectivity index (χ4n) is 2.34. The van der Waals surface area contributed by atoms with Crippen LogP contribution in [0.1, 0.15) is 44.1 Å². The van der Waals surface area contributed by atoms with Gasteiger partial charge in [0.1, 0.15) is 11.9 Å². The lowest BCUT2D eigenvalue weighted by atomic mass is 10.1. The molecule has 5 heteroatoms. The van der Waals surface area contributed by atoms with E-state index in [0.29, 0.717) is 5.33 Å². The zero-order valence-electron chi connectivity index (χ0n) is 12.3. The van der Waals surface area contributed by atoms with Crippen LogP contribution in [0.15, 0.2) is 30.3 Å². The Labute approximate surface area is 128 Å². The van der Waals surface area contributed by atoms with Crippen LogP contribution in [0, 0.1) is 0 Å². The lowest BCUT2D eigenvalue weighted by Crippen LogP contribution is -2.28. The topological polar surface area (TPSA) is 39.9 Å². The molecule has 0 spiro atoms. The van der Waals surface area contributed by atoms with Crippen LogP contribution in [0.5, 0.6) is 0 Å². The van der Waals surface area contributed by atoms with Gasteiger partial charge in [-0.1, -0.05) is 46.3 Å². The van der Waals surface area contributed by atoms with Gasteiger partial charge in [0.25, 0.3) is 0 Å². The van der Waals surface area contributed by atoms with E-state index in [2.05, 4.69) is 51.5 Å². The molecule has 2 aromatic rings. The van der Waals surface area contributed by atoms with E-state index in [9.17, 15) is 0 Å². The summed E-state index contributed by atoms with van der Waals surface area (Å²) in [6.45, 7) is 6.43. The monoisotopic (exact) mass is 337 g/mol. The van der Waals surface area contributed by atoms with Gasteiger partial charge in [0.15, 0.2) is 5.82 Å². The number of ether oxygens (including phenoxy) is 1. The van der Waals surface area contributed by atoms with Gasteiger partial charge in [-0.05, 0) is 26.3 Å². The van der Waals surface area contributed by atoms with Crippen LogP contribution in [0.25, 0.3) is 0 Å². The molecule has 20 heavy (non-hydrogen) atoms. The van der Waals surface area contributed by atoms with Crippen molar-refractivity contribution in [2.45, 2.75) is 37.7 Å². The highest BCUT2D eigenvalue weighted by molar-refractivity contribution is 9.08. The van der Waals surface area contributed by atoms with Crippen LogP contribution in [-0.2, 0) is 15.6 Å². The maximum Gasteiger partial charge on any atom is 0.167 e. The summed E-state index contributed by atoms with van der Waals surface area (Å²) in [7, 11) is 1.70. The SMILES string of the molecule is COC(c1ccccc1)c1nnc(CBr)n1C(C)(C)C. The summed E-state index contributed by atoms with van der Waals surface area (Å²) >= 11 is 3.48. The van der Waals surface area contributed by atoms with Gasteiger partial charge in [0.2, 0.25) is 0 Å². The highest BCUT2D eigenvalue weighted by Crippen LogP contribution is 2.29. The van der Waals surface area contributed by atoms with Gasteiger partial charge in [0, 0.05) is 12.6 Å². The van der Waals surface area contributed by atoms with E-state index in [4.69, 9.17) is 4.74 Å². The Morgan fingerprint density at radius 3 is 2.35 bits per heavy atom. The van der Waals surface area contributed by atoms with Crippen LogP contribution in [-0.4, -0.2) is 21.9 Å². The molecule has 4 nitrogen and oxygen atoms in total. The fraction of sp³-hybridized carbons (Fsp3) is 0.467. The molecule has 0 saturated heterocycles. The third-order valence-electron chi connectivity index (χ3n) is 3.12. The second-order valence-corrected chi connectivity index (χ2v) is 6.20. The maximum atomic E-state index is 5.68. The number of hydrogen-bond acceptors (Lipinski definition) is 3. The molecule has 0 fully saturated rings. The average molecular weight is 338 g/mol. The molecule has 0 saturated carbocycles. The number of hydrogen-bond donors (Lipinski definition) is 0. The van der Waals surface area contributed by atoms with Gasteiger partial charge < -0.3 is 9.30 Å². The Balaban J connectivity index is 2.54. The van der Waals surface area contributed by atoms with Crippen molar-refractivity contribution in [2.75, 3.05) is 7.11 Å². The third kappa shape index (κ3) is 2.94. The minimum Gasteiger partial charge on any atom is -0.369 e. The van der Waals surface area contributed by atoms with Crippen LogP contribution >= 0.6 is 15.9 Å². The number of halogens is 1. The predicted molar refractivity (Wildman–Crippen MR) is 82.9 cm³/mol. The summed E-state index contributed by atoms with van der Waals surface area (Å²) in [6.07, 6.45) is -0.212. The minimum absolute atomic E-state index is 0.104. The molecule has 0 radical (unpaired) electrons. The van der Waals surface area contributed by atoms with Gasteiger partial charge in [-0.25, -0.2) is 0 Å². The summed E-state index contributed by atoms with van der Waals surface area (Å²) in [5.74, 6) is 1.74. The van der Waals surface area contributed by atoms with E-state index in [1.54, 1.807) is 7.11 Å². The first-order valence-electron chi connectivity index (χ1n) is 6.57. The van der Waals surface area contributed by atoms with Gasteiger partial charge in [-0.3, -0.25) is 0 Å². The largest absolute Gasteiger partial charge is 0.369 e. The van der Waals surface area contributed by atoms with Crippen LogP contribution in [0.2, 0.25) is 0 Å². The molecule has 108 valence electrons. The quantitative estimate of drug-likeness (QED) is 0.799. The first kappa shape index (κ1) is 15.2. The molecular formula is C15H20BrN3O. The molecule has 0 aliphatic carbocycles. The van der Waals surface area contributed by atoms with Crippen LogP contribution in [0.3, 0.4) is 0 Å². The van der Waals surface area contributed by atoms with Crippen molar-refractivity contribution in [1.29, 1.82) is 0 Å². The van der Waals surface area contributed by atoms with Crippen molar-refractivity contribution in [3.8, 4) is 0 Å². The van der Waals surface area contributed by atoms with Crippen LogP contribution < -0.4 is 0 Å². The Morgan fingerprint density at radius 1 is 1.20 bits per heavy atom. The molecule has 0 N–H and O–H groups in total. The Hall–Kier alpha value is -1.20. The lowest BCUT2D eigenvalue weighted by molar-refractivity contribution is 0.120. The highest BCUT2D eigenvalue weighted by atomic mass is 79.9. The predicted octanol–water partition coefficient (Wildman–Crippen LogP) is 3.66. The normalized spacial score (nSPS) is 13.4. The molecule has 1 atom stereocenters.